The molecule has 0 radical (unpaired) electrons. The first-order chi connectivity index (χ1) is 16.3. The van der Waals surface area contributed by atoms with E-state index in [9.17, 15) is 13.2 Å². The minimum atomic E-state index is -3.92. The van der Waals surface area contributed by atoms with E-state index in [0.717, 1.165) is 18.4 Å². The predicted molar refractivity (Wildman–Crippen MR) is 134 cm³/mol. The summed E-state index contributed by atoms with van der Waals surface area (Å²) in [6.07, 6.45) is 1.60. The van der Waals surface area contributed by atoms with Gasteiger partial charge < -0.3 is 10.1 Å². The van der Waals surface area contributed by atoms with Gasteiger partial charge in [0.05, 0.1) is 18.6 Å². The maximum absolute atomic E-state index is 13.5. The molecule has 1 amide bonds. The van der Waals surface area contributed by atoms with Gasteiger partial charge in [-0.3, -0.25) is 4.79 Å². The molecule has 0 fully saturated rings. The van der Waals surface area contributed by atoms with Gasteiger partial charge in [0.1, 0.15) is 5.75 Å². The van der Waals surface area contributed by atoms with Gasteiger partial charge in [0.15, 0.2) is 0 Å². The first-order valence-corrected chi connectivity index (χ1v) is 12.8. The van der Waals surface area contributed by atoms with Crippen LogP contribution in [-0.4, -0.2) is 38.3 Å². The zero-order valence-corrected chi connectivity index (χ0v) is 20.7. The molecule has 0 aromatic heterocycles. The number of ether oxygens (including phenoxy) is 1. The second-order valence-corrected chi connectivity index (χ2v) is 10.3. The SMILES string of the molecule is COc1ccc(S(=O)(=O)N(CC(=O)N[C@@H](C)CCc2ccccc2)Cc2ccccc2)cc1C. The van der Waals surface area contributed by atoms with Gasteiger partial charge in [-0.15, -0.1) is 0 Å². The number of rotatable bonds is 11. The minimum absolute atomic E-state index is 0.0859. The normalized spacial score (nSPS) is 12.4. The summed E-state index contributed by atoms with van der Waals surface area (Å²) in [5, 5.41) is 2.95. The molecule has 3 aromatic rings. The van der Waals surface area contributed by atoms with Crippen molar-refractivity contribution in [2.45, 2.75) is 44.2 Å². The number of amides is 1. The van der Waals surface area contributed by atoms with Crippen molar-refractivity contribution in [3.05, 3.63) is 95.6 Å². The van der Waals surface area contributed by atoms with E-state index >= 15 is 0 Å². The quantitative estimate of drug-likeness (QED) is 0.443. The summed E-state index contributed by atoms with van der Waals surface area (Å²) >= 11 is 0. The molecule has 3 rings (SSSR count). The lowest BCUT2D eigenvalue weighted by atomic mass is 10.1. The molecule has 0 aliphatic rings. The highest BCUT2D eigenvalue weighted by Gasteiger charge is 2.28. The summed E-state index contributed by atoms with van der Waals surface area (Å²) in [6.45, 7) is 3.56. The Kier molecular flexibility index (Phi) is 8.85. The maximum Gasteiger partial charge on any atom is 0.243 e. The first-order valence-electron chi connectivity index (χ1n) is 11.3. The van der Waals surface area contributed by atoms with Crippen LogP contribution in [-0.2, 0) is 27.8 Å². The number of benzene rings is 3. The summed E-state index contributed by atoms with van der Waals surface area (Å²) < 4.78 is 33.5. The van der Waals surface area contributed by atoms with Gasteiger partial charge in [0, 0.05) is 12.6 Å². The van der Waals surface area contributed by atoms with Crippen LogP contribution in [0.3, 0.4) is 0 Å². The molecule has 0 saturated heterocycles. The van der Waals surface area contributed by atoms with Gasteiger partial charge in [0.2, 0.25) is 15.9 Å². The number of hydrogen-bond acceptors (Lipinski definition) is 4. The molecule has 0 saturated carbocycles. The van der Waals surface area contributed by atoms with Crippen molar-refractivity contribution in [1.29, 1.82) is 0 Å². The summed E-state index contributed by atoms with van der Waals surface area (Å²) in [7, 11) is -2.37. The fourth-order valence-electron chi connectivity index (χ4n) is 3.75. The van der Waals surface area contributed by atoms with Crippen molar-refractivity contribution >= 4 is 15.9 Å². The van der Waals surface area contributed by atoms with Crippen molar-refractivity contribution in [3.8, 4) is 5.75 Å². The van der Waals surface area contributed by atoms with Gasteiger partial charge in [-0.05, 0) is 61.6 Å². The Morgan fingerprint density at radius 1 is 0.971 bits per heavy atom. The average Bonchev–Trinajstić information content (AvgIpc) is 2.83. The van der Waals surface area contributed by atoms with E-state index in [2.05, 4.69) is 17.4 Å². The average molecular weight is 481 g/mol. The Morgan fingerprint density at radius 3 is 2.18 bits per heavy atom. The number of sulfonamides is 1. The molecule has 6 nitrogen and oxygen atoms in total. The van der Waals surface area contributed by atoms with Crippen LogP contribution in [0.2, 0.25) is 0 Å². The van der Waals surface area contributed by atoms with Crippen LogP contribution in [0.1, 0.15) is 30.0 Å². The number of carbonyl (C=O) groups is 1. The number of carbonyl (C=O) groups excluding carboxylic acids is 1. The third-order valence-electron chi connectivity index (χ3n) is 5.64. The summed E-state index contributed by atoms with van der Waals surface area (Å²) in [5.41, 5.74) is 2.72. The van der Waals surface area contributed by atoms with E-state index in [0.29, 0.717) is 11.3 Å². The fourth-order valence-corrected chi connectivity index (χ4v) is 5.22. The molecular formula is C27H32N2O4S. The molecule has 7 heteroatoms. The predicted octanol–water partition coefficient (Wildman–Crippen LogP) is 4.33. The molecule has 0 heterocycles. The molecule has 3 aromatic carbocycles. The largest absolute Gasteiger partial charge is 0.496 e. The molecular weight excluding hydrogens is 448 g/mol. The van der Waals surface area contributed by atoms with Gasteiger partial charge >= 0.3 is 0 Å². The van der Waals surface area contributed by atoms with E-state index in [-0.39, 0.29) is 29.9 Å². The molecule has 180 valence electrons. The highest BCUT2D eigenvalue weighted by Crippen LogP contribution is 2.24. The van der Waals surface area contributed by atoms with E-state index in [1.807, 2.05) is 55.5 Å². The van der Waals surface area contributed by atoms with Crippen LogP contribution in [0.15, 0.2) is 83.8 Å². The van der Waals surface area contributed by atoms with Crippen molar-refractivity contribution < 1.29 is 17.9 Å². The minimum Gasteiger partial charge on any atom is -0.496 e. The zero-order valence-electron chi connectivity index (χ0n) is 19.9. The number of hydrogen-bond donors (Lipinski definition) is 1. The van der Waals surface area contributed by atoms with Gasteiger partial charge in [-0.2, -0.15) is 4.31 Å². The monoisotopic (exact) mass is 480 g/mol. The molecule has 0 unspecified atom stereocenters. The Morgan fingerprint density at radius 2 is 1.59 bits per heavy atom. The van der Waals surface area contributed by atoms with Crippen LogP contribution in [0.25, 0.3) is 0 Å². The smallest absolute Gasteiger partial charge is 0.243 e. The number of nitrogens with one attached hydrogen (secondary N) is 1. The summed E-state index contributed by atoms with van der Waals surface area (Å²) in [6, 6.07) is 24.0. The van der Waals surface area contributed by atoms with Gasteiger partial charge in [-0.25, -0.2) is 8.42 Å². The van der Waals surface area contributed by atoms with Gasteiger partial charge in [-0.1, -0.05) is 60.7 Å². The van der Waals surface area contributed by atoms with Gasteiger partial charge in [0.25, 0.3) is 0 Å². The molecule has 34 heavy (non-hydrogen) atoms. The third-order valence-corrected chi connectivity index (χ3v) is 7.43. The fraction of sp³-hybridized carbons (Fsp3) is 0.296. The van der Waals surface area contributed by atoms with E-state index in [1.165, 1.54) is 15.9 Å². The van der Waals surface area contributed by atoms with Crippen molar-refractivity contribution in [3.63, 3.8) is 0 Å². The van der Waals surface area contributed by atoms with Crippen LogP contribution in [0.5, 0.6) is 5.75 Å². The molecule has 0 aliphatic heterocycles. The summed E-state index contributed by atoms with van der Waals surface area (Å²) in [5.74, 6) is 0.281. The third kappa shape index (κ3) is 6.92. The Labute approximate surface area is 202 Å². The maximum atomic E-state index is 13.5. The second kappa shape index (κ2) is 11.8. The van der Waals surface area contributed by atoms with Crippen molar-refractivity contribution in [1.82, 2.24) is 9.62 Å². The lowest BCUT2D eigenvalue weighted by Crippen LogP contribution is -2.43. The number of aryl methyl sites for hydroxylation is 2. The van der Waals surface area contributed by atoms with E-state index < -0.39 is 10.0 Å². The molecule has 0 aliphatic carbocycles. The van der Waals surface area contributed by atoms with E-state index in [1.54, 1.807) is 26.2 Å². The lowest BCUT2D eigenvalue weighted by Gasteiger charge is -2.23. The molecule has 0 spiro atoms. The highest BCUT2D eigenvalue weighted by atomic mass is 32.2. The standard InChI is InChI=1S/C27H32N2O4S/c1-21-18-25(16-17-26(21)33-3)34(31,32)29(19-24-12-8-5-9-13-24)20-27(30)28-22(2)14-15-23-10-6-4-7-11-23/h4-13,16-18,22H,14-15,19-20H2,1-3H3,(H,28,30)/t22-/m0/s1. The highest BCUT2D eigenvalue weighted by molar-refractivity contribution is 7.89. The Balaban J connectivity index is 1.74. The summed E-state index contributed by atoms with van der Waals surface area (Å²) in [4.78, 5) is 13.0. The Hall–Kier alpha value is -3.16. The van der Waals surface area contributed by atoms with Crippen LogP contribution in [0, 0.1) is 6.92 Å². The molecule has 0 bridgehead atoms. The van der Waals surface area contributed by atoms with Crippen LogP contribution in [0.4, 0.5) is 0 Å². The number of nitrogens with zero attached hydrogens (tertiary/aromatic N) is 1. The van der Waals surface area contributed by atoms with Crippen molar-refractivity contribution in [2.24, 2.45) is 0 Å². The van der Waals surface area contributed by atoms with E-state index in [4.69, 9.17) is 4.74 Å². The second-order valence-electron chi connectivity index (χ2n) is 8.38. The van der Waals surface area contributed by atoms with Crippen molar-refractivity contribution in [2.75, 3.05) is 13.7 Å². The lowest BCUT2D eigenvalue weighted by molar-refractivity contribution is -0.122. The van der Waals surface area contributed by atoms with Crippen LogP contribution >= 0.6 is 0 Å². The zero-order chi connectivity index (χ0) is 24.6. The Bertz CT molecular complexity index is 1180. The number of methoxy groups -OCH3 is 1. The molecule has 1 N–H and O–H groups in total. The molecule has 1 atom stereocenters. The topological polar surface area (TPSA) is 75.7 Å². The first kappa shape index (κ1) is 25.5. The van der Waals surface area contributed by atoms with Crippen LogP contribution < -0.4 is 10.1 Å².